The van der Waals surface area contributed by atoms with Crippen LogP contribution >= 0.6 is 0 Å². The van der Waals surface area contributed by atoms with Crippen molar-refractivity contribution in [2.24, 2.45) is 5.84 Å². The Hall–Kier alpha value is -1.89. The Balaban J connectivity index is 3.27. The van der Waals surface area contributed by atoms with Gasteiger partial charge in [0, 0.05) is 25.1 Å². The molecule has 0 radical (unpaired) electrons. The van der Waals surface area contributed by atoms with Crippen molar-refractivity contribution in [3.05, 3.63) is 11.4 Å². The van der Waals surface area contributed by atoms with Gasteiger partial charge >= 0.3 is 0 Å². The van der Waals surface area contributed by atoms with Crippen molar-refractivity contribution in [3.63, 3.8) is 0 Å². The Morgan fingerprint density at radius 1 is 1.38 bits per heavy atom. The standard InChI is InChI=1S/C14H26N6O/c1-6-7-20(8-11(21)16-5)14-10(4)13(19-15)17-12(18-14)9(2)3/h9H,6-8,15H2,1-5H3,(H,16,21)(H,17,18,19). The van der Waals surface area contributed by atoms with Gasteiger partial charge in [0.2, 0.25) is 5.91 Å². The molecular formula is C14H26N6O. The highest BCUT2D eigenvalue weighted by molar-refractivity contribution is 5.81. The van der Waals surface area contributed by atoms with E-state index in [4.69, 9.17) is 5.84 Å². The third-order valence-corrected chi connectivity index (χ3v) is 3.20. The molecule has 0 saturated heterocycles. The first kappa shape index (κ1) is 17.2. The van der Waals surface area contributed by atoms with Gasteiger partial charge in [-0.25, -0.2) is 15.8 Å². The highest BCUT2D eigenvalue weighted by atomic mass is 16.1. The SMILES string of the molecule is CCCN(CC(=O)NC)c1nc(C(C)C)nc(NN)c1C. The van der Waals surface area contributed by atoms with Crippen molar-refractivity contribution in [2.75, 3.05) is 30.5 Å². The molecule has 7 heteroatoms. The second-order valence-corrected chi connectivity index (χ2v) is 5.27. The molecule has 0 aliphatic heterocycles. The zero-order valence-corrected chi connectivity index (χ0v) is 13.5. The summed E-state index contributed by atoms with van der Waals surface area (Å²) in [5, 5.41) is 2.64. The van der Waals surface area contributed by atoms with E-state index in [0.29, 0.717) is 11.6 Å². The molecule has 1 aromatic heterocycles. The summed E-state index contributed by atoms with van der Waals surface area (Å²) in [6.45, 7) is 9.03. The van der Waals surface area contributed by atoms with Crippen LogP contribution in [0.3, 0.4) is 0 Å². The van der Waals surface area contributed by atoms with Crippen LogP contribution in [0.5, 0.6) is 0 Å². The maximum atomic E-state index is 11.7. The number of hydrogen-bond acceptors (Lipinski definition) is 6. The number of hydrogen-bond donors (Lipinski definition) is 3. The van der Waals surface area contributed by atoms with E-state index in [1.54, 1.807) is 7.05 Å². The highest BCUT2D eigenvalue weighted by Gasteiger charge is 2.19. The quantitative estimate of drug-likeness (QED) is 0.516. The average molecular weight is 294 g/mol. The molecule has 0 aliphatic carbocycles. The molecule has 21 heavy (non-hydrogen) atoms. The van der Waals surface area contributed by atoms with Gasteiger partial charge in [0.15, 0.2) is 0 Å². The lowest BCUT2D eigenvalue weighted by atomic mass is 10.2. The van der Waals surface area contributed by atoms with Crippen LogP contribution < -0.4 is 21.5 Å². The van der Waals surface area contributed by atoms with E-state index in [9.17, 15) is 4.79 Å². The molecule has 0 fully saturated rings. The van der Waals surface area contributed by atoms with Crippen molar-refractivity contribution < 1.29 is 4.79 Å². The minimum absolute atomic E-state index is 0.0465. The number of nitrogens with two attached hydrogens (primary N) is 1. The molecular weight excluding hydrogens is 268 g/mol. The molecule has 7 nitrogen and oxygen atoms in total. The van der Waals surface area contributed by atoms with E-state index in [-0.39, 0.29) is 18.4 Å². The summed E-state index contributed by atoms with van der Waals surface area (Å²) < 4.78 is 0. The molecule has 0 saturated carbocycles. The molecule has 0 unspecified atom stereocenters. The molecule has 118 valence electrons. The second kappa shape index (κ2) is 7.78. The Morgan fingerprint density at radius 3 is 2.52 bits per heavy atom. The van der Waals surface area contributed by atoms with Gasteiger partial charge in [-0.2, -0.15) is 0 Å². The summed E-state index contributed by atoms with van der Waals surface area (Å²) in [5.41, 5.74) is 3.46. The van der Waals surface area contributed by atoms with Gasteiger partial charge in [-0.3, -0.25) is 4.79 Å². The van der Waals surface area contributed by atoms with Gasteiger partial charge in [-0.1, -0.05) is 20.8 Å². The lowest BCUT2D eigenvalue weighted by molar-refractivity contribution is -0.119. The Kier molecular flexibility index (Phi) is 6.36. The van der Waals surface area contributed by atoms with E-state index in [2.05, 4.69) is 27.6 Å². The maximum absolute atomic E-state index is 11.7. The molecule has 0 aromatic carbocycles. The van der Waals surface area contributed by atoms with E-state index in [0.717, 1.165) is 24.3 Å². The topological polar surface area (TPSA) is 96.2 Å². The third-order valence-electron chi connectivity index (χ3n) is 3.20. The molecule has 1 rings (SSSR count). The number of carbonyl (C=O) groups is 1. The van der Waals surface area contributed by atoms with Crippen LogP contribution in [0, 0.1) is 6.92 Å². The fourth-order valence-electron chi connectivity index (χ4n) is 2.01. The van der Waals surface area contributed by atoms with Gasteiger partial charge in [0.05, 0.1) is 6.54 Å². The summed E-state index contributed by atoms with van der Waals surface area (Å²) in [4.78, 5) is 22.7. The molecule has 4 N–H and O–H groups in total. The number of rotatable bonds is 7. The molecule has 1 heterocycles. The zero-order chi connectivity index (χ0) is 16.0. The Morgan fingerprint density at radius 2 is 2.05 bits per heavy atom. The van der Waals surface area contributed by atoms with Crippen LogP contribution in [-0.2, 0) is 4.79 Å². The molecule has 1 amide bonds. The van der Waals surface area contributed by atoms with Gasteiger partial charge in [0.25, 0.3) is 0 Å². The summed E-state index contributed by atoms with van der Waals surface area (Å²) >= 11 is 0. The Bertz CT molecular complexity index is 489. The molecule has 0 aliphatic rings. The fourth-order valence-corrected chi connectivity index (χ4v) is 2.01. The summed E-state index contributed by atoms with van der Waals surface area (Å²) in [6.07, 6.45) is 0.919. The molecule has 0 bridgehead atoms. The first-order valence-electron chi connectivity index (χ1n) is 7.25. The van der Waals surface area contributed by atoms with Crippen LogP contribution in [0.25, 0.3) is 0 Å². The normalized spacial score (nSPS) is 10.6. The number of anilines is 2. The lowest BCUT2D eigenvalue weighted by Crippen LogP contribution is -2.37. The van der Waals surface area contributed by atoms with Crippen molar-refractivity contribution in [3.8, 4) is 0 Å². The van der Waals surface area contributed by atoms with Gasteiger partial charge in [0.1, 0.15) is 17.5 Å². The Labute approximate surface area is 126 Å². The smallest absolute Gasteiger partial charge is 0.239 e. The van der Waals surface area contributed by atoms with Crippen molar-refractivity contribution in [1.82, 2.24) is 15.3 Å². The number of nitrogen functional groups attached to an aromatic ring is 1. The minimum Gasteiger partial charge on any atom is -0.358 e. The van der Waals surface area contributed by atoms with Gasteiger partial charge in [-0.05, 0) is 13.3 Å². The van der Waals surface area contributed by atoms with Crippen molar-refractivity contribution in [1.29, 1.82) is 0 Å². The van der Waals surface area contributed by atoms with Crippen molar-refractivity contribution in [2.45, 2.75) is 40.0 Å². The number of aromatic nitrogens is 2. The first-order chi connectivity index (χ1) is 9.94. The van der Waals surface area contributed by atoms with Crippen LogP contribution in [0.2, 0.25) is 0 Å². The predicted molar refractivity (Wildman–Crippen MR) is 85.2 cm³/mol. The van der Waals surface area contributed by atoms with Crippen LogP contribution in [0.4, 0.5) is 11.6 Å². The monoisotopic (exact) mass is 294 g/mol. The largest absolute Gasteiger partial charge is 0.358 e. The number of nitrogens with zero attached hydrogens (tertiary/aromatic N) is 3. The number of likely N-dealkylation sites (N-methyl/N-ethyl adjacent to an activating group) is 1. The second-order valence-electron chi connectivity index (χ2n) is 5.27. The lowest BCUT2D eigenvalue weighted by Gasteiger charge is -2.25. The van der Waals surface area contributed by atoms with E-state index < -0.39 is 0 Å². The van der Waals surface area contributed by atoms with E-state index >= 15 is 0 Å². The summed E-state index contributed by atoms with van der Waals surface area (Å²) in [5.74, 6) is 7.75. The van der Waals surface area contributed by atoms with Crippen LogP contribution in [0.1, 0.15) is 44.5 Å². The highest BCUT2D eigenvalue weighted by Crippen LogP contribution is 2.25. The van der Waals surface area contributed by atoms with Crippen LogP contribution in [0.15, 0.2) is 0 Å². The predicted octanol–water partition coefficient (Wildman–Crippen LogP) is 1.16. The average Bonchev–Trinajstić information content (AvgIpc) is 2.46. The first-order valence-corrected chi connectivity index (χ1v) is 7.25. The number of hydrazine groups is 1. The van der Waals surface area contributed by atoms with Crippen LogP contribution in [-0.4, -0.2) is 36.0 Å². The number of nitrogens with one attached hydrogen (secondary N) is 2. The third kappa shape index (κ3) is 4.29. The minimum atomic E-state index is -0.0465. The number of carbonyl (C=O) groups excluding carboxylic acids is 1. The summed E-state index contributed by atoms with van der Waals surface area (Å²) in [6, 6.07) is 0. The number of amides is 1. The van der Waals surface area contributed by atoms with Gasteiger partial charge < -0.3 is 15.6 Å². The van der Waals surface area contributed by atoms with Crippen molar-refractivity contribution >= 4 is 17.5 Å². The molecule has 1 aromatic rings. The van der Waals surface area contributed by atoms with E-state index in [1.165, 1.54) is 0 Å². The van der Waals surface area contributed by atoms with Gasteiger partial charge in [-0.15, -0.1) is 0 Å². The molecule has 0 atom stereocenters. The summed E-state index contributed by atoms with van der Waals surface area (Å²) in [7, 11) is 1.63. The zero-order valence-electron chi connectivity index (χ0n) is 13.5. The maximum Gasteiger partial charge on any atom is 0.239 e. The van der Waals surface area contributed by atoms with E-state index in [1.807, 2.05) is 25.7 Å². The fraction of sp³-hybridized carbons (Fsp3) is 0.643. The molecule has 0 spiro atoms.